The molecule has 0 saturated heterocycles. The van der Waals surface area contributed by atoms with Crippen LogP contribution in [0.4, 0.5) is 0 Å². The molecule has 0 unspecified atom stereocenters. The van der Waals surface area contributed by atoms with Gasteiger partial charge in [-0.1, -0.05) is 36.4 Å². The molecule has 5 aromatic rings. The van der Waals surface area contributed by atoms with Crippen LogP contribution in [0.2, 0.25) is 0 Å². The van der Waals surface area contributed by atoms with E-state index >= 15 is 0 Å². The lowest BCUT2D eigenvalue weighted by Crippen LogP contribution is -2.03. The van der Waals surface area contributed by atoms with Gasteiger partial charge in [0.2, 0.25) is 0 Å². The van der Waals surface area contributed by atoms with Gasteiger partial charge in [0.1, 0.15) is 4.88 Å². The predicted octanol–water partition coefficient (Wildman–Crippen LogP) is 5.77. The first-order valence-electron chi connectivity index (χ1n) is 11.1. The van der Waals surface area contributed by atoms with Gasteiger partial charge in [-0.05, 0) is 59.4 Å². The van der Waals surface area contributed by atoms with E-state index in [9.17, 15) is 9.90 Å². The molecule has 2 aromatic carbocycles. The summed E-state index contributed by atoms with van der Waals surface area (Å²) < 4.78 is 5.12. The minimum Gasteiger partial charge on any atom is -0.477 e. The van der Waals surface area contributed by atoms with Crippen LogP contribution in [0.15, 0.2) is 85.0 Å². The Balaban J connectivity index is 1.39. The Labute approximate surface area is 200 Å². The van der Waals surface area contributed by atoms with Gasteiger partial charge in [0, 0.05) is 30.3 Å². The van der Waals surface area contributed by atoms with Crippen molar-refractivity contribution in [3.05, 3.63) is 101 Å². The molecule has 7 heteroatoms. The van der Waals surface area contributed by atoms with Gasteiger partial charge in [-0.15, -0.1) is 11.3 Å². The average molecular weight is 467 g/mol. The first-order chi connectivity index (χ1) is 16.6. The molecule has 1 fully saturated rings. The van der Waals surface area contributed by atoms with Crippen molar-refractivity contribution in [3.63, 3.8) is 0 Å². The van der Waals surface area contributed by atoms with Crippen LogP contribution in [0.5, 0.6) is 0 Å². The number of allylic oxidation sites excluding steroid dienone is 1. The normalized spacial score (nSPS) is 12.9. The number of hydrogen-bond donors (Lipinski definition) is 2. The monoisotopic (exact) mass is 466 g/mol. The predicted molar refractivity (Wildman–Crippen MR) is 135 cm³/mol. The SMILES string of the molecule is NC(=C1CC1)c1ccc(Cn2c(-c3ccc(-n4ccnc4)cc3)cc3sc(C(=O)O)cc32)cc1. The fraction of sp³-hybridized carbons (Fsp3) is 0.111. The number of aromatic nitrogens is 3. The molecule has 6 rings (SSSR count). The van der Waals surface area contributed by atoms with E-state index in [1.54, 1.807) is 18.6 Å². The largest absolute Gasteiger partial charge is 0.477 e. The second-order valence-corrected chi connectivity index (χ2v) is 9.60. The summed E-state index contributed by atoms with van der Waals surface area (Å²) in [6, 6.07) is 20.5. The summed E-state index contributed by atoms with van der Waals surface area (Å²) in [6.45, 7) is 0.634. The Kier molecular flexibility index (Phi) is 4.85. The number of nitrogens with zero attached hydrogens (tertiary/aromatic N) is 3. The molecule has 0 aliphatic heterocycles. The van der Waals surface area contributed by atoms with E-state index in [4.69, 9.17) is 5.73 Å². The van der Waals surface area contributed by atoms with Crippen LogP contribution in [0.25, 0.3) is 32.9 Å². The summed E-state index contributed by atoms with van der Waals surface area (Å²) in [7, 11) is 0. The molecule has 0 atom stereocenters. The minimum absolute atomic E-state index is 0.347. The van der Waals surface area contributed by atoms with Crippen molar-refractivity contribution in [2.75, 3.05) is 0 Å². The summed E-state index contributed by atoms with van der Waals surface area (Å²) in [5.41, 5.74) is 14.8. The highest BCUT2D eigenvalue weighted by Crippen LogP contribution is 2.36. The number of hydrogen-bond acceptors (Lipinski definition) is 4. The van der Waals surface area contributed by atoms with Crippen molar-refractivity contribution in [1.29, 1.82) is 0 Å². The maximum absolute atomic E-state index is 11.6. The molecule has 0 spiro atoms. The van der Waals surface area contributed by atoms with Gasteiger partial charge in [-0.25, -0.2) is 9.78 Å². The molecule has 1 aliphatic rings. The lowest BCUT2D eigenvalue weighted by atomic mass is 10.1. The Morgan fingerprint density at radius 2 is 1.82 bits per heavy atom. The highest BCUT2D eigenvalue weighted by molar-refractivity contribution is 7.20. The van der Waals surface area contributed by atoms with Gasteiger partial charge >= 0.3 is 5.97 Å². The number of aromatic carboxylic acids is 1. The quantitative estimate of drug-likeness (QED) is 0.333. The Morgan fingerprint density at radius 3 is 2.47 bits per heavy atom. The zero-order chi connectivity index (χ0) is 23.2. The van der Waals surface area contributed by atoms with Gasteiger partial charge in [-0.3, -0.25) is 0 Å². The van der Waals surface area contributed by atoms with E-state index in [1.807, 2.05) is 10.8 Å². The summed E-state index contributed by atoms with van der Waals surface area (Å²) in [5.74, 6) is -0.896. The summed E-state index contributed by atoms with van der Waals surface area (Å²) >= 11 is 1.31. The molecule has 34 heavy (non-hydrogen) atoms. The standard InChI is InChI=1S/C27H22N4O2S/c28-26(20-5-6-20)19-3-1-17(2-4-19)15-31-22(13-24-23(31)14-25(34-24)27(32)33)18-7-9-21(10-8-18)30-12-11-29-16-30/h1-4,7-14,16H,5-6,15,28H2,(H,32,33). The molecule has 1 aliphatic carbocycles. The van der Waals surface area contributed by atoms with Crippen LogP contribution in [0.1, 0.15) is 33.6 Å². The summed E-state index contributed by atoms with van der Waals surface area (Å²) in [5, 5.41) is 9.50. The Hall–Kier alpha value is -4.10. The van der Waals surface area contributed by atoms with Crippen LogP contribution in [-0.4, -0.2) is 25.2 Å². The number of imidazole rings is 1. The van der Waals surface area contributed by atoms with Crippen molar-refractivity contribution in [2.24, 2.45) is 5.73 Å². The van der Waals surface area contributed by atoms with Gasteiger partial charge < -0.3 is 20.0 Å². The van der Waals surface area contributed by atoms with Crippen molar-refractivity contribution >= 4 is 33.2 Å². The number of carboxylic acids is 1. The van der Waals surface area contributed by atoms with Crippen molar-refractivity contribution in [3.8, 4) is 16.9 Å². The van der Waals surface area contributed by atoms with Gasteiger partial charge in [-0.2, -0.15) is 0 Å². The molecule has 168 valence electrons. The molecule has 0 radical (unpaired) electrons. The molecule has 0 amide bonds. The van der Waals surface area contributed by atoms with E-state index in [0.717, 1.165) is 56.8 Å². The minimum atomic E-state index is -0.896. The Morgan fingerprint density at radius 1 is 1.06 bits per heavy atom. The number of rotatable bonds is 6. The summed E-state index contributed by atoms with van der Waals surface area (Å²) in [6.07, 6.45) is 7.64. The number of fused-ring (bicyclic) bond motifs is 1. The third-order valence-electron chi connectivity index (χ3n) is 6.25. The average Bonchev–Trinajstić information content (AvgIpc) is 3.25. The maximum Gasteiger partial charge on any atom is 0.345 e. The van der Waals surface area contributed by atoms with Gasteiger partial charge in [0.05, 0.1) is 22.2 Å². The molecule has 6 nitrogen and oxygen atoms in total. The van der Waals surface area contributed by atoms with Crippen LogP contribution < -0.4 is 5.73 Å². The fourth-order valence-electron chi connectivity index (χ4n) is 4.28. The topological polar surface area (TPSA) is 86.1 Å². The zero-order valence-electron chi connectivity index (χ0n) is 18.3. The van der Waals surface area contributed by atoms with Crippen LogP contribution in [0.3, 0.4) is 0 Å². The lowest BCUT2D eigenvalue weighted by molar-refractivity contribution is 0.0702. The number of thiophene rings is 1. The van der Waals surface area contributed by atoms with E-state index in [0.29, 0.717) is 11.4 Å². The number of carboxylic acid groups (broad SMARTS) is 1. The highest BCUT2D eigenvalue weighted by Gasteiger charge is 2.18. The fourth-order valence-corrected chi connectivity index (χ4v) is 5.22. The lowest BCUT2D eigenvalue weighted by Gasteiger charge is -2.12. The molecule has 1 saturated carbocycles. The third-order valence-corrected chi connectivity index (χ3v) is 7.31. The van der Waals surface area contributed by atoms with Crippen LogP contribution >= 0.6 is 11.3 Å². The second-order valence-electron chi connectivity index (χ2n) is 8.51. The molecular formula is C27H22N4O2S. The summed E-state index contributed by atoms with van der Waals surface area (Å²) in [4.78, 5) is 16.0. The van der Waals surface area contributed by atoms with Gasteiger partial charge in [0.25, 0.3) is 0 Å². The molecule has 3 heterocycles. The molecular weight excluding hydrogens is 444 g/mol. The molecule has 0 bridgehead atoms. The maximum atomic E-state index is 11.6. The second kappa shape index (κ2) is 8.04. The first kappa shape index (κ1) is 20.5. The van der Waals surface area contributed by atoms with E-state index < -0.39 is 5.97 Å². The number of benzene rings is 2. The smallest absolute Gasteiger partial charge is 0.345 e. The highest BCUT2D eigenvalue weighted by atomic mass is 32.1. The van der Waals surface area contributed by atoms with Crippen molar-refractivity contribution in [1.82, 2.24) is 14.1 Å². The van der Waals surface area contributed by atoms with E-state index in [2.05, 4.69) is 64.1 Å². The third kappa shape index (κ3) is 3.70. The molecule has 3 N–H and O–H groups in total. The first-order valence-corrected chi connectivity index (χ1v) is 11.9. The Bertz CT molecular complexity index is 1530. The zero-order valence-corrected chi connectivity index (χ0v) is 19.1. The van der Waals surface area contributed by atoms with Crippen molar-refractivity contribution in [2.45, 2.75) is 19.4 Å². The van der Waals surface area contributed by atoms with E-state index in [-0.39, 0.29) is 0 Å². The van der Waals surface area contributed by atoms with Gasteiger partial charge in [0.15, 0.2) is 0 Å². The number of nitrogens with two attached hydrogens (primary N) is 1. The number of carbonyl (C=O) groups is 1. The van der Waals surface area contributed by atoms with E-state index in [1.165, 1.54) is 16.9 Å². The van der Waals surface area contributed by atoms with Crippen LogP contribution in [-0.2, 0) is 6.54 Å². The van der Waals surface area contributed by atoms with Crippen molar-refractivity contribution < 1.29 is 9.90 Å². The molecule has 3 aromatic heterocycles. The van der Waals surface area contributed by atoms with Crippen LogP contribution in [0, 0.1) is 0 Å².